The summed E-state index contributed by atoms with van der Waals surface area (Å²) < 4.78 is 6.38. The number of rotatable bonds is 4. The Labute approximate surface area is 135 Å². The van der Waals surface area contributed by atoms with Crippen LogP contribution in [0.3, 0.4) is 0 Å². The fourth-order valence-electron chi connectivity index (χ4n) is 1.52. The van der Waals surface area contributed by atoms with Crippen molar-refractivity contribution in [2.75, 3.05) is 11.9 Å². The molecule has 0 unspecified atom stereocenters. The van der Waals surface area contributed by atoms with Gasteiger partial charge in [-0.3, -0.25) is 4.79 Å². The lowest BCUT2D eigenvalue weighted by molar-refractivity contribution is -0.118. The summed E-state index contributed by atoms with van der Waals surface area (Å²) in [6.07, 6.45) is 1.70. The van der Waals surface area contributed by atoms with Gasteiger partial charge in [-0.15, -0.1) is 0 Å². The summed E-state index contributed by atoms with van der Waals surface area (Å²) in [7, 11) is 0. The van der Waals surface area contributed by atoms with Gasteiger partial charge in [0.05, 0.1) is 0 Å². The van der Waals surface area contributed by atoms with Crippen molar-refractivity contribution in [2.24, 2.45) is 0 Å². The first-order valence-corrected chi connectivity index (χ1v) is 7.30. The first-order chi connectivity index (χ1) is 9.54. The van der Waals surface area contributed by atoms with Gasteiger partial charge in [-0.2, -0.15) is 0 Å². The molecule has 0 aliphatic carbocycles. The number of halogens is 2. The van der Waals surface area contributed by atoms with E-state index in [1.807, 2.05) is 13.0 Å². The molecule has 1 aromatic heterocycles. The van der Waals surface area contributed by atoms with E-state index >= 15 is 0 Å². The number of benzene rings is 1. The molecular weight excluding hydrogens is 391 g/mol. The minimum absolute atomic E-state index is 0.0747. The molecule has 0 saturated heterocycles. The maximum absolute atomic E-state index is 11.8. The second kappa shape index (κ2) is 6.90. The molecule has 1 aromatic carbocycles. The Balaban J connectivity index is 1.90. The smallest absolute Gasteiger partial charge is 0.263 e. The molecule has 6 heteroatoms. The van der Waals surface area contributed by atoms with E-state index in [0.29, 0.717) is 16.6 Å². The van der Waals surface area contributed by atoms with E-state index in [-0.39, 0.29) is 12.5 Å². The molecule has 0 bridgehead atoms. The van der Waals surface area contributed by atoms with Crippen LogP contribution >= 0.6 is 34.2 Å². The van der Waals surface area contributed by atoms with Crippen LogP contribution in [0.5, 0.6) is 5.75 Å². The van der Waals surface area contributed by atoms with E-state index in [1.54, 1.807) is 30.5 Å². The number of pyridine rings is 1. The van der Waals surface area contributed by atoms with Crippen molar-refractivity contribution in [1.29, 1.82) is 0 Å². The van der Waals surface area contributed by atoms with Gasteiger partial charge < -0.3 is 10.1 Å². The van der Waals surface area contributed by atoms with Crippen LogP contribution in [0.25, 0.3) is 0 Å². The van der Waals surface area contributed by atoms with E-state index in [0.717, 1.165) is 9.13 Å². The third kappa shape index (κ3) is 4.35. The lowest BCUT2D eigenvalue weighted by atomic mass is 10.3. The van der Waals surface area contributed by atoms with Gasteiger partial charge in [0, 0.05) is 14.8 Å². The number of hydrogen-bond donors (Lipinski definition) is 1. The molecule has 2 rings (SSSR count). The van der Waals surface area contributed by atoms with E-state index in [2.05, 4.69) is 32.9 Å². The molecular formula is C14H12ClIN2O2. The quantitative estimate of drug-likeness (QED) is 0.794. The Hall–Kier alpha value is -1.34. The zero-order chi connectivity index (χ0) is 14.5. The maximum atomic E-state index is 11.8. The van der Waals surface area contributed by atoms with Crippen LogP contribution < -0.4 is 10.1 Å². The molecule has 1 amide bonds. The van der Waals surface area contributed by atoms with Crippen molar-refractivity contribution >= 4 is 45.9 Å². The molecule has 0 saturated carbocycles. The number of nitrogens with one attached hydrogen (secondary N) is 1. The van der Waals surface area contributed by atoms with Crippen LogP contribution in [0.4, 0.5) is 5.82 Å². The predicted octanol–water partition coefficient (Wildman–Crippen LogP) is 3.67. The van der Waals surface area contributed by atoms with Crippen molar-refractivity contribution < 1.29 is 9.53 Å². The second-order valence-corrected chi connectivity index (χ2v) is 5.79. The predicted molar refractivity (Wildman–Crippen MR) is 87.3 cm³/mol. The van der Waals surface area contributed by atoms with Crippen molar-refractivity contribution in [3.05, 3.63) is 50.7 Å². The average Bonchev–Trinajstić information content (AvgIpc) is 2.41. The number of carbonyl (C=O) groups is 1. The zero-order valence-corrected chi connectivity index (χ0v) is 13.6. The van der Waals surface area contributed by atoms with Gasteiger partial charge in [0.1, 0.15) is 11.6 Å². The Morgan fingerprint density at radius 3 is 2.75 bits per heavy atom. The van der Waals surface area contributed by atoms with E-state index < -0.39 is 0 Å². The normalized spacial score (nSPS) is 10.2. The van der Waals surface area contributed by atoms with Gasteiger partial charge in [0.15, 0.2) is 6.61 Å². The molecule has 0 fully saturated rings. The lowest BCUT2D eigenvalue weighted by Gasteiger charge is -2.09. The summed E-state index contributed by atoms with van der Waals surface area (Å²) >= 11 is 7.94. The largest absolute Gasteiger partial charge is 0.484 e. The number of aryl methyl sites for hydroxylation is 1. The van der Waals surface area contributed by atoms with Crippen LogP contribution in [0.2, 0.25) is 5.02 Å². The lowest BCUT2D eigenvalue weighted by Crippen LogP contribution is -2.21. The molecule has 2 aromatic rings. The zero-order valence-electron chi connectivity index (χ0n) is 10.7. The monoisotopic (exact) mass is 402 g/mol. The number of aromatic nitrogens is 1. The maximum Gasteiger partial charge on any atom is 0.263 e. The molecule has 0 radical (unpaired) electrons. The van der Waals surface area contributed by atoms with E-state index in [4.69, 9.17) is 16.3 Å². The number of hydrogen-bond acceptors (Lipinski definition) is 3. The molecule has 1 heterocycles. The van der Waals surface area contributed by atoms with Gasteiger partial charge in [-0.1, -0.05) is 11.6 Å². The summed E-state index contributed by atoms with van der Waals surface area (Å²) in [5.41, 5.74) is 0.914. The van der Waals surface area contributed by atoms with E-state index in [1.165, 1.54) is 0 Å². The SMILES string of the molecule is Cc1cc(I)cnc1NC(=O)COc1ccc(Cl)cc1. The highest BCUT2D eigenvalue weighted by Crippen LogP contribution is 2.16. The number of nitrogens with zero attached hydrogens (tertiary/aromatic N) is 1. The first-order valence-electron chi connectivity index (χ1n) is 5.85. The summed E-state index contributed by atoms with van der Waals surface area (Å²) in [5, 5.41) is 3.34. The topological polar surface area (TPSA) is 51.2 Å². The third-order valence-electron chi connectivity index (χ3n) is 2.49. The Kier molecular flexibility index (Phi) is 5.19. The Morgan fingerprint density at radius 1 is 1.40 bits per heavy atom. The minimum atomic E-state index is -0.253. The van der Waals surface area contributed by atoms with Crippen molar-refractivity contribution in [2.45, 2.75) is 6.92 Å². The van der Waals surface area contributed by atoms with Gasteiger partial charge in [-0.25, -0.2) is 4.98 Å². The third-order valence-corrected chi connectivity index (χ3v) is 3.33. The van der Waals surface area contributed by atoms with Gasteiger partial charge in [-0.05, 0) is 65.4 Å². The molecule has 0 atom stereocenters. The van der Waals surface area contributed by atoms with Crippen LogP contribution in [0.15, 0.2) is 36.5 Å². The number of amides is 1. The van der Waals surface area contributed by atoms with Crippen molar-refractivity contribution in [3.63, 3.8) is 0 Å². The summed E-state index contributed by atoms with van der Waals surface area (Å²) in [6, 6.07) is 8.79. The van der Waals surface area contributed by atoms with Crippen molar-refractivity contribution in [1.82, 2.24) is 4.98 Å². The van der Waals surface area contributed by atoms with Gasteiger partial charge in [0.25, 0.3) is 5.91 Å². The Morgan fingerprint density at radius 2 is 2.10 bits per heavy atom. The molecule has 0 aliphatic heterocycles. The Bertz CT molecular complexity index is 617. The molecule has 4 nitrogen and oxygen atoms in total. The summed E-state index contributed by atoms with van der Waals surface area (Å²) in [6.45, 7) is 1.82. The second-order valence-electron chi connectivity index (χ2n) is 4.11. The van der Waals surface area contributed by atoms with E-state index in [9.17, 15) is 4.79 Å². The number of carbonyl (C=O) groups excluding carboxylic acids is 1. The molecule has 0 aliphatic rings. The highest BCUT2D eigenvalue weighted by atomic mass is 127. The summed E-state index contributed by atoms with van der Waals surface area (Å²) in [5.74, 6) is 0.892. The number of ether oxygens (including phenoxy) is 1. The standard InChI is InChI=1S/C14H12ClIN2O2/c1-9-6-11(16)7-17-14(9)18-13(19)8-20-12-4-2-10(15)3-5-12/h2-7H,8H2,1H3,(H,17,18,19). The fourth-order valence-corrected chi connectivity index (χ4v) is 2.25. The highest BCUT2D eigenvalue weighted by Gasteiger charge is 2.07. The molecule has 20 heavy (non-hydrogen) atoms. The van der Waals surface area contributed by atoms with Gasteiger partial charge >= 0.3 is 0 Å². The van der Waals surface area contributed by atoms with Crippen LogP contribution in [-0.2, 0) is 4.79 Å². The molecule has 104 valence electrons. The molecule has 0 spiro atoms. The first kappa shape index (κ1) is 15.1. The van der Waals surface area contributed by atoms with Crippen LogP contribution in [0, 0.1) is 10.5 Å². The van der Waals surface area contributed by atoms with Crippen molar-refractivity contribution in [3.8, 4) is 5.75 Å². The number of anilines is 1. The highest BCUT2D eigenvalue weighted by molar-refractivity contribution is 14.1. The van der Waals surface area contributed by atoms with Crippen LogP contribution in [-0.4, -0.2) is 17.5 Å². The fraction of sp³-hybridized carbons (Fsp3) is 0.143. The van der Waals surface area contributed by atoms with Crippen LogP contribution in [0.1, 0.15) is 5.56 Å². The minimum Gasteiger partial charge on any atom is -0.484 e. The summed E-state index contributed by atoms with van der Waals surface area (Å²) in [4.78, 5) is 16.0. The van der Waals surface area contributed by atoms with Gasteiger partial charge in [0.2, 0.25) is 0 Å². The molecule has 1 N–H and O–H groups in total. The average molecular weight is 403 g/mol.